The zero-order valence-electron chi connectivity index (χ0n) is 8.50. The molecule has 0 aromatic carbocycles. The number of esters is 1. The third-order valence-electron chi connectivity index (χ3n) is 2.27. The molecule has 0 radical (unpaired) electrons. The van der Waals surface area contributed by atoms with Gasteiger partial charge in [-0.25, -0.2) is 4.79 Å². The lowest BCUT2D eigenvalue weighted by Crippen LogP contribution is -2.46. The predicted molar refractivity (Wildman–Crippen MR) is 50.6 cm³/mol. The smallest absolute Gasteiger partial charge is 0.328 e. The van der Waals surface area contributed by atoms with Crippen molar-refractivity contribution < 1.29 is 14.3 Å². The molecule has 0 saturated carbocycles. The Morgan fingerprint density at radius 1 is 1.57 bits per heavy atom. The molecule has 1 atom stereocenters. The summed E-state index contributed by atoms with van der Waals surface area (Å²) in [6, 6.07) is -0.555. The molecule has 1 amide bonds. The highest BCUT2D eigenvalue weighted by Crippen LogP contribution is 2.07. The van der Waals surface area contributed by atoms with Crippen LogP contribution in [0.1, 0.15) is 13.3 Å². The van der Waals surface area contributed by atoms with Crippen molar-refractivity contribution in [1.82, 2.24) is 10.6 Å². The minimum atomic E-state index is -0.555. The van der Waals surface area contributed by atoms with Crippen molar-refractivity contribution in [2.75, 3.05) is 20.2 Å². The Morgan fingerprint density at radius 3 is 2.64 bits per heavy atom. The van der Waals surface area contributed by atoms with Crippen molar-refractivity contribution in [2.45, 2.75) is 19.4 Å². The summed E-state index contributed by atoms with van der Waals surface area (Å²) in [7, 11) is 1.31. The monoisotopic (exact) mass is 200 g/mol. The minimum Gasteiger partial charge on any atom is -0.467 e. The molecule has 1 rings (SSSR count). The van der Waals surface area contributed by atoms with Crippen molar-refractivity contribution in [3.8, 4) is 0 Å². The number of methoxy groups -OCH3 is 1. The Bertz CT molecular complexity index is 226. The molecule has 1 heterocycles. The van der Waals surface area contributed by atoms with Crippen LogP contribution in [0.2, 0.25) is 0 Å². The van der Waals surface area contributed by atoms with E-state index in [-0.39, 0.29) is 5.91 Å². The van der Waals surface area contributed by atoms with Gasteiger partial charge in [0, 0.05) is 6.42 Å². The van der Waals surface area contributed by atoms with E-state index in [1.54, 1.807) is 6.92 Å². The van der Waals surface area contributed by atoms with Crippen molar-refractivity contribution in [3.05, 3.63) is 0 Å². The molecule has 0 bridgehead atoms. The van der Waals surface area contributed by atoms with Crippen molar-refractivity contribution in [3.63, 3.8) is 0 Å². The fraction of sp³-hybridized carbons (Fsp3) is 0.778. The van der Waals surface area contributed by atoms with Gasteiger partial charge in [-0.3, -0.25) is 4.79 Å². The molecule has 1 saturated heterocycles. The first-order valence-electron chi connectivity index (χ1n) is 4.71. The van der Waals surface area contributed by atoms with E-state index in [1.807, 2.05) is 0 Å². The van der Waals surface area contributed by atoms with Gasteiger partial charge >= 0.3 is 5.97 Å². The Morgan fingerprint density at radius 2 is 2.21 bits per heavy atom. The zero-order valence-corrected chi connectivity index (χ0v) is 8.50. The number of ether oxygens (including phenoxy) is 1. The van der Waals surface area contributed by atoms with Gasteiger partial charge in [0.05, 0.1) is 7.11 Å². The molecule has 0 spiro atoms. The van der Waals surface area contributed by atoms with Gasteiger partial charge in [-0.2, -0.15) is 0 Å². The quantitative estimate of drug-likeness (QED) is 0.587. The molecule has 5 nitrogen and oxygen atoms in total. The van der Waals surface area contributed by atoms with Gasteiger partial charge in [0.1, 0.15) is 6.04 Å². The maximum Gasteiger partial charge on any atom is 0.328 e. The molecule has 1 aliphatic heterocycles. The Labute approximate surface area is 83.2 Å². The topological polar surface area (TPSA) is 67.4 Å². The summed E-state index contributed by atoms with van der Waals surface area (Å²) in [6.45, 7) is 3.39. The van der Waals surface area contributed by atoms with Crippen LogP contribution in [0.15, 0.2) is 0 Å². The molecule has 2 N–H and O–H groups in total. The van der Waals surface area contributed by atoms with Crippen LogP contribution < -0.4 is 10.6 Å². The molecule has 1 fully saturated rings. The summed E-state index contributed by atoms with van der Waals surface area (Å²) >= 11 is 0. The number of carbonyl (C=O) groups excluding carboxylic acids is 2. The summed E-state index contributed by atoms with van der Waals surface area (Å²) in [6.07, 6.45) is 0.480. The van der Waals surface area contributed by atoms with Gasteiger partial charge < -0.3 is 15.4 Å². The lowest BCUT2D eigenvalue weighted by molar-refractivity contribution is -0.144. The fourth-order valence-electron chi connectivity index (χ4n) is 1.29. The van der Waals surface area contributed by atoms with Gasteiger partial charge in [0.15, 0.2) is 0 Å². The first-order chi connectivity index (χ1) is 6.63. The highest BCUT2D eigenvalue weighted by molar-refractivity contribution is 5.84. The summed E-state index contributed by atoms with van der Waals surface area (Å²) in [5, 5.41) is 5.67. The number of amides is 1. The van der Waals surface area contributed by atoms with Gasteiger partial charge in [-0.1, -0.05) is 0 Å². The average molecular weight is 200 g/mol. The second-order valence-corrected chi connectivity index (χ2v) is 3.54. The standard InChI is InChI=1S/C9H16N2O3/c1-6(9(13)14-2)11-8(12)3-7-4-10-5-7/h6-7,10H,3-5H2,1-2H3,(H,11,12)/t6-/m0/s1. The molecule has 80 valence electrons. The number of rotatable bonds is 4. The van der Waals surface area contributed by atoms with Crippen LogP contribution in [0.5, 0.6) is 0 Å². The number of carbonyl (C=O) groups is 2. The lowest BCUT2D eigenvalue weighted by Gasteiger charge is -2.26. The molecule has 0 aromatic rings. The summed E-state index contributed by atoms with van der Waals surface area (Å²) in [5.74, 6) is -0.0840. The molecular weight excluding hydrogens is 184 g/mol. The Balaban J connectivity index is 2.21. The highest BCUT2D eigenvalue weighted by atomic mass is 16.5. The van der Waals surface area contributed by atoms with Crippen molar-refractivity contribution in [2.24, 2.45) is 5.92 Å². The number of hydrogen-bond donors (Lipinski definition) is 2. The normalized spacial score (nSPS) is 18.1. The van der Waals surface area contributed by atoms with Crippen LogP contribution in [0.4, 0.5) is 0 Å². The SMILES string of the molecule is COC(=O)[C@H](C)NC(=O)CC1CNC1. The van der Waals surface area contributed by atoms with Gasteiger partial charge in [-0.05, 0) is 25.9 Å². The Kier molecular flexibility index (Phi) is 3.88. The van der Waals surface area contributed by atoms with Crippen LogP contribution in [0, 0.1) is 5.92 Å². The molecule has 14 heavy (non-hydrogen) atoms. The zero-order chi connectivity index (χ0) is 10.6. The number of nitrogens with one attached hydrogen (secondary N) is 2. The molecule has 0 aromatic heterocycles. The lowest BCUT2D eigenvalue weighted by atomic mass is 9.99. The van der Waals surface area contributed by atoms with E-state index in [9.17, 15) is 9.59 Å². The largest absolute Gasteiger partial charge is 0.467 e. The summed E-state index contributed by atoms with van der Waals surface area (Å²) < 4.78 is 4.49. The molecule has 0 unspecified atom stereocenters. The van der Waals surface area contributed by atoms with Crippen LogP contribution >= 0.6 is 0 Å². The van der Waals surface area contributed by atoms with E-state index in [0.717, 1.165) is 13.1 Å². The predicted octanol–water partition coefficient (Wildman–Crippen LogP) is -0.726. The second-order valence-electron chi connectivity index (χ2n) is 3.54. The Hall–Kier alpha value is -1.10. The van der Waals surface area contributed by atoms with Crippen LogP contribution in [-0.4, -0.2) is 38.1 Å². The first kappa shape index (κ1) is 11.0. The van der Waals surface area contributed by atoms with Crippen LogP contribution in [-0.2, 0) is 14.3 Å². The molecule has 0 aliphatic carbocycles. The summed E-state index contributed by atoms with van der Waals surface area (Å²) in [4.78, 5) is 22.3. The van der Waals surface area contributed by atoms with E-state index in [2.05, 4.69) is 15.4 Å². The maximum absolute atomic E-state index is 11.3. The average Bonchev–Trinajstić information content (AvgIpc) is 2.10. The van der Waals surface area contributed by atoms with Gasteiger partial charge in [0.25, 0.3) is 0 Å². The fourth-order valence-corrected chi connectivity index (χ4v) is 1.29. The first-order valence-corrected chi connectivity index (χ1v) is 4.71. The van der Waals surface area contributed by atoms with E-state index < -0.39 is 12.0 Å². The van der Waals surface area contributed by atoms with Crippen molar-refractivity contribution >= 4 is 11.9 Å². The molecule has 1 aliphatic rings. The number of hydrogen-bond acceptors (Lipinski definition) is 4. The van der Waals surface area contributed by atoms with E-state index in [0.29, 0.717) is 12.3 Å². The summed E-state index contributed by atoms with van der Waals surface area (Å²) in [5.41, 5.74) is 0. The third kappa shape index (κ3) is 2.99. The maximum atomic E-state index is 11.3. The third-order valence-corrected chi connectivity index (χ3v) is 2.27. The molecule has 5 heteroatoms. The van der Waals surface area contributed by atoms with Crippen LogP contribution in [0.3, 0.4) is 0 Å². The van der Waals surface area contributed by atoms with E-state index >= 15 is 0 Å². The van der Waals surface area contributed by atoms with Gasteiger partial charge in [-0.15, -0.1) is 0 Å². The van der Waals surface area contributed by atoms with Crippen LogP contribution in [0.25, 0.3) is 0 Å². The van der Waals surface area contributed by atoms with Crippen molar-refractivity contribution in [1.29, 1.82) is 0 Å². The second kappa shape index (κ2) is 4.95. The highest BCUT2D eigenvalue weighted by Gasteiger charge is 2.22. The van der Waals surface area contributed by atoms with E-state index in [1.165, 1.54) is 7.11 Å². The van der Waals surface area contributed by atoms with Gasteiger partial charge in [0.2, 0.25) is 5.91 Å². The molecular formula is C9H16N2O3. The minimum absolute atomic E-state index is 0.0885. The van der Waals surface area contributed by atoms with E-state index in [4.69, 9.17) is 0 Å².